The summed E-state index contributed by atoms with van der Waals surface area (Å²) in [7, 11) is 3.10. The van der Waals surface area contributed by atoms with Gasteiger partial charge >= 0.3 is 0 Å². The van der Waals surface area contributed by atoms with Crippen LogP contribution >= 0.6 is 11.6 Å². The number of hydrogen-bond acceptors (Lipinski definition) is 3. The molecule has 4 nitrogen and oxygen atoms in total. The molecule has 2 rings (SSSR count). The molecule has 128 valence electrons. The zero-order valence-electron chi connectivity index (χ0n) is 14.4. The molecule has 0 fully saturated rings. The minimum Gasteiger partial charge on any atom is -0.493 e. The smallest absolute Gasteiger partial charge is 0.251 e. The number of benzene rings is 2. The van der Waals surface area contributed by atoms with Crippen molar-refractivity contribution in [3.63, 3.8) is 0 Å². The van der Waals surface area contributed by atoms with Gasteiger partial charge in [-0.3, -0.25) is 4.79 Å². The van der Waals surface area contributed by atoms with E-state index in [4.69, 9.17) is 21.1 Å². The quantitative estimate of drug-likeness (QED) is 0.857. The monoisotopic (exact) mass is 347 g/mol. The van der Waals surface area contributed by atoms with Crippen LogP contribution in [0.2, 0.25) is 5.02 Å². The van der Waals surface area contributed by atoms with Gasteiger partial charge in [0.2, 0.25) is 0 Å². The maximum absolute atomic E-state index is 12.4. The summed E-state index contributed by atoms with van der Waals surface area (Å²) in [5.74, 6) is 0.957. The van der Waals surface area contributed by atoms with E-state index in [0.717, 1.165) is 5.56 Å². The first-order valence-electron chi connectivity index (χ1n) is 7.63. The van der Waals surface area contributed by atoms with Crippen LogP contribution in [0.5, 0.6) is 11.5 Å². The molecule has 1 N–H and O–H groups in total. The fourth-order valence-corrected chi connectivity index (χ4v) is 2.58. The van der Waals surface area contributed by atoms with Crippen LogP contribution < -0.4 is 14.8 Å². The van der Waals surface area contributed by atoms with Gasteiger partial charge in [-0.1, -0.05) is 37.6 Å². The minimum atomic E-state index is -0.239. The maximum atomic E-state index is 12.4. The molecule has 1 amide bonds. The predicted molar refractivity (Wildman–Crippen MR) is 96.4 cm³/mol. The summed E-state index contributed by atoms with van der Waals surface area (Å²) < 4.78 is 10.4. The highest BCUT2D eigenvalue weighted by atomic mass is 35.5. The lowest BCUT2D eigenvalue weighted by molar-refractivity contribution is 0.0945. The molecule has 24 heavy (non-hydrogen) atoms. The first-order valence-corrected chi connectivity index (χ1v) is 8.01. The van der Waals surface area contributed by atoms with Gasteiger partial charge in [-0.2, -0.15) is 0 Å². The number of amides is 1. The Morgan fingerprint density at radius 2 is 1.79 bits per heavy atom. The summed E-state index contributed by atoms with van der Waals surface area (Å²) in [6, 6.07) is 12.8. The number of halogens is 1. The third-order valence-corrected chi connectivity index (χ3v) is 4.18. The first kappa shape index (κ1) is 18.1. The van der Waals surface area contributed by atoms with Gasteiger partial charge < -0.3 is 14.8 Å². The van der Waals surface area contributed by atoms with Crippen molar-refractivity contribution in [3.8, 4) is 11.5 Å². The molecule has 5 heteroatoms. The summed E-state index contributed by atoms with van der Waals surface area (Å²) in [4.78, 5) is 12.4. The number of ether oxygens (including phenoxy) is 2. The van der Waals surface area contributed by atoms with Gasteiger partial charge in [0.15, 0.2) is 11.5 Å². The van der Waals surface area contributed by atoms with E-state index >= 15 is 0 Å². The van der Waals surface area contributed by atoms with Crippen molar-refractivity contribution >= 4 is 17.5 Å². The number of methoxy groups -OCH3 is 2. The fraction of sp³-hybridized carbons (Fsp3) is 0.316. The Morgan fingerprint density at radius 1 is 1.08 bits per heavy atom. The highest BCUT2D eigenvalue weighted by molar-refractivity contribution is 6.30. The Kier molecular flexibility index (Phi) is 5.73. The predicted octanol–water partition coefficient (Wildman–Crippen LogP) is 4.06. The van der Waals surface area contributed by atoms with Crippen LogP contribution in [0.3, 0.4) is 0 Å². The van der Waals surface area contributed by atoms with Crippen molar-refractivity contribution < 1.29 is 14.3 Å². The molecule has 0 aliphatic heterocycles. The fourth-order valence-electron chi connectivity index (χ4n) is 2.39. The Morgan fingerprint density at radius 3 is 2.42 bits per heavy atom. The van der Waals surface area contributed by atoms with Gasteiger partial charge in [0.05, 0.1) is 14.2 Å². The molecular weight excluding hydrogens is 326 g/mol. The molecule has 0 bridgehead atoms. The SMILES string of the molecule is COc1ccc(C(=O)NCC(C)(C)c2cccc(Cl)c2)cc1OC. The molecule has 2 aromatic rings. The van der Waals surface area contributed by atoms with Gasteiger partial charge in [-0.25, -0.2) is 0 Å². The van der Waals surface area contributed by atoms with E-state index in [-0.39, 0.29) is 11.3 Å². The largest absolute Gasteiger partial charge is 0.493 e. The number of carbonyl (C=O) groups excluding carboxylic acids is 1. The molecule has 0 unspecified atom stereocenters. The average Bonchev–Trinajstić information content (AvgIpc) is 2.59. The minimum absolute atomic E-state index is 0.161. The zero-order valence-corrected chi connectivity index (χ0v) is 15.1. The number of nitrogens with one attached hydrogen (secondary N) is 1. The lowest BCUT2D eigenvalue weighted by atomic mass is 9.84. The summed E-state index contributed by atoms with van der Waals surface area (Å²) in [6.45, 7) is 4.61. The van der Waals surface area contributed by atoms with E-state index < -0.39 is 0 Å². The van der Waals surface area contributed by atoms with Crippen molar-refractivity contribution in [1.82, 2.24) is 5.32 Å². The lowest BCUT2D eigenvalue weighted by Gasteiger charge is -2.26. The molecule has 2 aromatic carbocycles. The van der Waals surface area contributed by atoms with Crippen LogP contribution in [0.15, 0.2) is 42.5 Å². The highest BCUT2D eigenvalue weighted by Gasteiger charge is 2.22. The molecular formula is C19H22ClNO3. The van der Waals surface area contributed by atoms with E-state index in [0.29, 0.717) is 28.6 Å². The number of hydrogen-bond donors (Lipinski definition) is 1. The zero-order chi connectivity index (χ0) is 17.7. The third kappa shape index (κ3) is 4.20. The molecule has 0 atom stereocenters. The first-order chi connectivity index (χ1) is 11.4. The second kappa shape index (κ2) is 7.58. The van der Waals surface area contributed by atoms with Gasteiger partial charge in [0.25, 0.3) is 5.91 Å². The molecule has 0 saturated carbocycles. The summed E-state index contributed by atoms with van der Waals surface area (Å²) >= 11 is 6.06. The number of carbonyl (C=O) groups is 1. The normalized spacial score (nSPS) is 11.0. The summed E-state index contributed by atoms with van der Waals surface area (Å²) in [5.41, 5.74) is 1.36. The van der Waals surface area contributed by atoms with Crippen molar-refractivity contribution in [2.24, 2.45) is 0 Å². The lowest BCUT2D eigenvalue weighted by Crippen LogP contribution is -2.36. The summed E-state index contributed by atoms with van der Waals surface area (Å²) in [6.07, 6.45) is 0. The van der Waals surface area contributed by atoms with E-state index in [1.165, 1.54) is 0 Å². The van der Waals surface area contributed by atoms with E-state index in [9.17, 15) is 4.79 Å². The molecule has 0 radical (unpaired) electrons. The van der Waals surface area contributed by atoms with Crippen molar-refractivity contribution in [2.45, 2.75) is 19.3 Å². The van der Waals surface area contributed by atoms with Crippen LogP contribution in [0.1, 0.15) is 29.8 Å². The van der Waals surface area contributed by atoms with Crippen LogP contribution in [0.25, 0.3) is 0 Å². The third-order valence-electron chi connectivity index (χ3n) is 3.94. The van der Waals surface area contributed by atoms with Gasteiger partial charge in [-0.15, -0.1) is 0 Å². The van der Waals surface area contributed by atoms with Gasteiger partial charge in [-0.05, 0) is 35.9 Å². The second-order valence-electron chi connectivity index (χ2n) is 6.15. The Labute approximate surface area is 147 Å². The Bertz CT molecular complexity index is 728. The van der Waals surface area contributed by atoms with Crippen LogP contribution in [-0.2, 0) is 5.41 Å². The Hall–Kier alpha value is -2.20. The Balaban J connectivity index is 2.10. The van der Waals surface area contributed by atoms with Crippen molar-refractivity contribution in [1.29, 1.82) is 0 Å². The number of rotatable bonds is 6. The van der Waals surface area contributed by atoms with E-state index in [2.05, 4.69) is 19.2 Å². The molecule has 0 heterocycles. The maximum Gasteiger partial charge on any atom is 0.251 e. The molecule has 0 aromatic heterocycles. The average molecular weight is 348 g/mol. The van der Waals surface area contributed by atoms with Crippen LogP contribution in [-0.4, -0.2) is 26.7 Å². The van der Waals surface area contributed by atoms with Gasteiger partial charge in [0, 0.05) is 22.5 Å². The second-order valence-corrected chi connectivity index (χ2v) is 6.58. The molecule has 0 aliphatic rings. The standard InChI is InChI=1S/C19H22ClNO3/c1-19(2,14-6-5-7-15(20)11-14)12-21-18(22)13-8-9-16(23-3)17(10-13)24-4/h5-11H,12H2,1-4H3,(H,21,22). The highest BCUT2D eigenvalue weighted by Crippen LogP contribution is 2.28. The molecule has 0 aliphatic carbocycles. The van der Waals surface area contributed by atoms with Crippen molar-refractivity contribution in [3.05, 3.63) is 58.6 Å². The van der Waals surface area contributed by atoms with Crippen LogP contribution in [0.4, 0.5) is 0 Å². The molecule has 0 saturated heterocycles. The topological polar surface area (TPSA) is 47.6 Å². The van der Waals surface area contributed by atoms with Crippen molar-refractivity contribution in [2.75, 3.05) is 20.8 Å². The van der Waals surface area contributed by atoms with Gasteiger partial charge in [0.1, 0.15) is 0 Å². The molecule has 0 spiro atoms. The van der Waals surface area contributed by atoms with E-state index in [1.54, 1.807) is 32.4 Å². The van der Waals surface area contributed by atoms with Crippen LogP contribution in [0, 0.1) is 0 Å². The summed E-state index contributed by atoms with van der Waals surface area (Å²) in [5, 5.41) is 3.65. The van der Waals surface area contributed by atoms with E-state index in [1.807, 2.05) is 24.3 Å².